The lowest BCUT2D eigenvalue weighted by Crippen LogP contribution is -2.45. The van der Waals surface area contributed by atoms with Crippen LogP contribution in [0.2, 0.25) is 0 Å². The van der Waals surface area contributed by atoms with Crippen molar-refractivity contribution in [2.24, 2.45) is 0 Å². The molecular weight excluding hydrogens is 250 g/mol. The van der Waals surface area contributed by atoms with Gasteiger partial charge in [0.25, 0.3) is 5.91 Å². The first-order valence-electron chi connectivity index (χ1n) is 7.46. The Morgan fingerprint density at radius 3 is 2.45 bits per heavy atom. The van der Waals surface area contributed by atoms with E-state index < -0.39 is 0 Å². The standard InChI is InChI=1S/C17H25NO2/c1-17(2,3)14-9-7-13(8-10-14)16(20)18-11-5-4-6-15(18)12-19/h7-10,15,19H,4-6,11-12H2,1-3H3/t15-/m1/s1. The van der Waals surface area contributed by atoms with E-state index >= 15 is 0 Å². The topological polar surface area (TPSA) is 40.5 Å². The van der Waals surface area contributed by atoms with Crippen LogP contribution in [0.25, 0.3) is 0 Å². The van der Waals surface area contributed by atoms with E-state index in [0.29, 0.717) is 0 Å². The number of aliphatic hydroxyl groups is 1. The van der Waals surface area contributed by atoms with Crippen molar-refractivity contribution in [1.29, 1.82) is 0 Å². The van der Waals surface area contributed by atoms with Crippen molar-refractivity contribution < 1.29 is 9.90 Å². The Balaban J connectivity index is 2.16. The maximum atomic E-state index is 12.5. The average molecular weight is 275 g/mol. The van der Waals surface area contributed by atoms with Gasteiger partial charge in [-0.05, 0) is 42.4 Å². The molecule has 0 spiro atoms. The van der Waals surface area contributed by atoms with Gasteiger partial charge in [-0.3, -0.25) is 4.79 Å². The molecule has 1 fully saturated rings. The second-order valence-corrected chi connectivity index (χ2v) is 6.66. The highest BCUT2D eigenvalue weighted by atomic mass is 16.3. The van der Waals surface area contributed by atoms with Gasteiger partial charge in [0.2, 0.25) is 0 Å². The first kappa shape index (κ1) is 15.0. The third-order valence-electron chi connectivity index (χ3n) is 4.10. The van der Waals surface area contributed by atoms with Crippen molar-refractivity contribution in [2.75, 3.05) is 13.2 Å². The average Bonchev–Trinajstić information content (AvgIpc) is 2.45. The number of aliphatic hydroxyl groups excluding tert-OH is 1. The van der Waals surface area contributed by atoms with Gasteiger partial charge in [0, 0.05) is 12.1 Å². The largest absolute Gasteiger partial charge is 0.394 e. The van der Waals surface area contributed by atoms with Crippen LogP contribution in [0.5, 0.6) is 0 Å². The van der Waals surface area contributed by atoms with E-state index in [-0.39, 0.29) is 24.0 Å². The molecular formula is C17H25NO2. The van der Waals surface area contributed by atoms with Crippen molar-refractivity contribution in [3.05, 3.63) is 35.4 Å². The van der Waals surface area contributed by atoms with Crippen molar-refractivity contribution in [2.45, 2.75) is 51.5 Å². The number of rotatable bonds is 2. The lowest BCUT2D eigenvalue weighted by molar-refractivity contribution is 0.0503. The van der Waals surface area contributed by atoms with Crippen LogP contribution in [0.1, 0.15) is 56.0 Å². The van der Waals surface area contributed by atoms with Crippen LogP contribution in [0, 0.1) is 0 Å². The van der Waals surface area contributed by atoms with Gasteiger partial charge in [-0.25, -0.2) is 0 Å². The lowest BCUT2D eigenvalue weighted by atomic mass is 9.86. The highest BCUT2D eigenvalue weighted by Gasteiger charge is 2.27. The molecule has 1 amide bonds. The minimum Gasteiger partial charge on any atom is -0.394 e. The Bertz CT molecular complexity index is 459. The van der Waals surface area contributed by atoms with Gasteiger partial charge in [-0.1, -0.05) is 32.9 Å². The molecule has 1 aromatic rings. The van der Waals surface area contributed by atoms with Crippen molar-refractivity contribution in [1.82, 2.24) is 4.90 Å². The SMILES string of the molecule is CC(C)(C)c1ccc(C(=O)N2CCCC[C@@H]2CO)cc1. The second kappa shape index (κ2) is 5.96. The third-order valence-corrected chi connectivity index (χ3v) is 4.10. The molecule has 3 heteroatoms. The summed E-state index contributed by atoms with van der Waals surface area (Å²) in [5, 5.41) is 9.41. The Morgan fingerprint density at radius 2 is 1.90 bits per heavy atom. The number of amides is 1. The van der Waals surface area contributed by atoms with E-state index in [1.54, 1.807) is 0 Å². The van der Waals surface area contributed by atoms with Crippen molar-refractivity contribution in [3.63, 3.8) is 0 Å². The highest BCUT2D eigenvalue weighted by Crippen LogP contribution is 2.24. The molecule has 0 bridgehead atoms. The fraction of sp³-hybridized carbons (Fsp3) is 0.588. The number of hydrogen-bond acceptors (Lipinski definition) is 2. The number of likely N-dealkylation sites (tertiary alicyclic amines) is 1. The van der Waals surface area contributed by atoms with Gasteiger partial charge in [-0.2, -0.15) is 0 Å². The number of carbonyl (C=O) groups excluding carboxylic acids is 1. The molecule has 0 aliphatic carbocycles. The van der Waals surface area contributed by atoms with E-state index in [4.69, 9.17) is 0 Å². The summed E-state index contributed by atoms with van der Waals surface area (Å²) in [5.41, 5.74) is 2.05. The van der Waals surface area contributed by atoms with Crippen LogP contribution in [0.15, 0.2) is 24.3 Å². The van der Waals surface area contributed by atoms with Crippen LogP contribution in [0.3, 0.4) is 0 Å². The van der Waals surface area contributed by atoms with Gasteiger partial charge in [0.05, 0.1) is 12.6 Å². The molecule has 1 heterocycles. The molecule has 3 nitrogen and oxygen atoms in total. The van der Waals surface area contributed by atoms with E-state index in [9.17, 15) is 9.90 Å². The highest BCUT2D eigenvalue weighted by molar-refractivity contribution is 5.94. The summed E-state index contributed by atoms with van der Waals surface area (Å²) < 4.78 is 0. The first-order valence-corrected chi connectivity index (χ1v) is 7.46. The third kappa shape index (κ3) is 3.21. The molecule has 0 radical (unpaired) electrons. The molecule has 1 atom stereocenters. The van der Waals surface area contributed by atoms with E-state index in [1.165, 1.54) is 5.56 Å². The fourth-order valence-electron chi connectivity index (χ4n) is 2.74. The van der Waals surface area contributed by atoms with Crippen LogP contribution >= 0.6 is 0 Å². The summed E-state index contributed by atoms with van der Waals surface area (Å²) in [6.45, 7) is 7.31. The van der Waals surface area contributed by atoms with E-state index in [1.807, 2.05) is 29.2 Å². The zero-order valence-electron chi connectivity index (χ0n) is 12.7. The van der Waals surface area contributed by atoms with Crippen molar-refractivity contribution in [3.8, 4) is 0 Å². The number of piperidine rings is 1. The maximum absolute atomic E-state index is 12.5. The lowest BCUT2D eigenvalue weighted by Gasteiger charge is -2.34. The molecule has 20 heavy (non-hydrogen) atoms. The van der Waals surface area contributed by atoms with Gasteiger partial charge >= 0.3 is 0 Å². The zero-order chi connectivity index (χ0) is 14.8. The minimum atomic E-state index is -0.0152. The number of hydrogen-bond donors (Lipinski definition) is 1. The van der Waals surface area contributed by atoms with Gasteiger partial charge < -0.3 is 10.0 Å². The number of benzene rings is 1. The Hall–Kier alpha value is -1.35. The predicted molar refractivity (Wildman–Crippen MR) is 80.9 cm³/mol. The summed E-state index contributed by atoms with van der Waals surface area (Å²) >= 11 is 0. The monoisotopic (exact) mass is 275 g/mol. The fourth-order valence-corrected chi connectivity index (χ4v) is 2.74. The summed E-state index contributed by atoms with van der Waals surface area (Å²) in [7, 11) is 0. The van der Waals surface area contributed by atoms with E-state index in [0.717, 1.165) is 31.4 Å². The van der Waals surface area contributed by atoms with Gasteiger partial charge in [-0.15, -0.1) is 0 Å². The van der Waals surface area contributed by atoms with Gasteiger partial charge in [0.1, 0.15) is 0 Å². The number of carbonyl (C=O) groups is 1. The Morgan fingerprint density at radius 1 is 1.25 bits per heavy atom. The van der Waals surface area contributed by atoms with Crippen LogP contribution in [0.4, 0.5) is 0 Å². The van der Waals surface area contributed by atoms with Crippen molar-refractivity contribution >= 4 is 5.91 Å². The molecule has 110 valence electrons. The molecule has 1 aliphatic heterocycles. The summed E-state index contributed by atoms with van der Waals surface area (Å²) in [6, 6.07) is 7.87. The summed E-state index contributed by atoms with van der Waals surface area (Å²) in [6.07, 6.45) is 3.03. The van der Waals surface area contributed by atoms with Crippen LogP contribution in [-0.2, 0) is 5.41 Å². The molecule has 2 rings (SSSR count). The summed E-state index contributed by atoms with van der Waals surface area (Å²) in [5.74, 6) is 0.0456. The maximum Gasteiger partial charge on any atom is 0.254 e. The Kier molecular flexibility index (Phi) is 4.48. The molecule has 0 aromatic heterocycles. The quantitative estimate of drug-likeness (QED) is 0.901. The van der Waals surface area contributed by atoms with Gasteiger partial charge in [0.15, 0.2) is 0 Å². The van der Waals surface area contributed by atoms with Crippen LogP contribution in [-0.4, -0.2) is 35.1 Å². The molecule has 0 unspecified atom stereocenters. The first-order chi connectivity index (χ1) is 9.43. The Labute approximate surface area is 121 Å². The van der Waals surface area contributed by atoms with Crippen LogP contribution < -0.4 is 0 Å². The normalized spacial score (nSPS) is 20.0. The predicted octanol–water partition coefficient (Wildman–Crippen LogP) is 2.97. The molecule has 1 aromatic carbocycles. The smallest absolute Gasteiger partial charge is 0.254 e. The number of nitrogens with zero attached hydrogens (tertiary/aromatic N) is 1. The zero-order valence-corrected chi connectivity index (χ0v) is 12.7. The molecule has 1 saturated heterocycles. The van der Waals surface area contributed by atoms with E-state index in [2.05, 4.69) is 20.8 Å². The molecule has 1 N–H and O–H groups in total. The minimum absolute atomic E-state index is 0.0152. The summed E-state index contributed by atoms with van der Waals surface area (Å²) in [4.78, 5) is 14.4. The second-order valence-electron chi connectivity index (χ2n) is 6.66. The molecule has 0 saturated carbocycles. The molecule has 1 aliphatic rings.